The molecule has 4 nitrogen and oxygen atoms in total. The lowest BCUT2D eigenvalue weighted by Gasteiger charge is -2.02. The Morgan fingerprint density at radius 2 is 2.27 bits per heavy atom. The predicted octanol–water partition coefficient (Wildman–Crippen LogP) is 1.62. The largest absolute Gasteiger partial charge is 0.201 e. The maximum absolute atomic E-state index is 3.87. The van der Waals surface area contributed by atoms with E-state index in [1.807, 2.05) is 6.07 Å². The Morgan fingerprint density at radius 1 is 1.33 bits per heavy atom. The van der Waals surface area contributed by atoms with E-state index >= 15 is 0 Å². The highest BCUT2D eigenvalue weighted by Gasteiger charge is 2.10. The van der Waals surface area contributed by atoms with Crippen molar-refractivity contribution in [1.29, 1.82) is 0 Å². The van der Waals surface area contributed by atoms with Gasteiger partial charge in [-0.15, -0.1) is 5.10 Å². The minimum Gasteiger partial charge on any atom is -0.201 e. The summed E-state index contributed by atoms with van der Waals surface area (Å²) in [6, 6.07) is 6.28. The van der Waals surface area contributed by atoms with Gasteiger partial charge < -0.3 is 0 Å². The van der Waals surface area contributed by atoms with Crippen LogP contribution >= 0.6 is 0 Å². The van der Waals surface area contributed by atoms with E-state index < -0.39 is 0 Å². The van der Waals surface area contributed by atoms with Crippen LogP contribution in [0.3, 0.4) is 0 Å². The summed E-state index contributed by atoms with van der Waals surface area (Å²) >= 11 is 0. The summed E-state index contributed by atoms with van der Waals surface area (Å²) in [5.41, 5.74) is 5.07. The van der Waals surface area contributed by atoms with Crippen molar-refractivity contribution in [3.63, 3.8) is 0 Å². The summed E-state index contributed by atoms with van der Waals surface area (Å²) in [6.07, 6.45) is 4.86. The fraction of sp³-hybridized carbons (Fsp3) is 0.182. The molecule has 0 N–H and O–H groups in total. The van der Waals surface area contributed by atoms with Crippen LogP contribution in [0.4, 0.5) is 0 Å². The van der Waals surface area contributed by atoms with Crippen molar-refractivity contribution in [1.82, 2.24) is 20.2 Å². The van der Waals surface area contributed by atoms with Crippen molar-refractivity contribution in [2.24, 2.45) is 0 Å². The summed E-state index contributed by atoms with van der Waals surface area (Å²) in [5, 5.41) is 11.1. The third-order valence-electron chi connectivity index (χ3n) is 2.61. The molecule has 0 amide bonds. The average molecular weight is 198 g/mol. The number of benzene rings is 1. The molecule has 1 heterocycles. The zero-order valence-corrected chi connectivity index (χ0v) is 8.38. The third-order valence-corrected chi connectivity index (χ3v) is 2.61. The molecule has 0 radical (unpaired) electrons. The van der Waals surface area contributed by atoms with E-state index in [1.165, 1.54) is 16.7 Å². The van der Waals surface area contributed by atoms with Crippen molar-refractivity contribution in [3.8, 4) is 5.69 Å². The lowest BCUT2D eigenvalue weighted by molar-refractivity contribution is 0.788. The zero-order chi connectivity index (χ0) is 10.3. The Balaban J connectivity index is 2.07. The SMILES string of the molecule is CC1=Cc2ccc(-n3cnnn3)cc2C1. The summed E-state index contributed by atoms with van der Waals surface area (Å²) in [7, 11) is 0. The number of aromatic nitrogens is 4. The summed E-state index contributed by atoms with van der Waals surface area (Å²) in [6.45, 7) is 2.15. The summed E-state index contributed by atoms with van der Waals surface area (Å²) < 4.78 is 1.67. The van der Waals surface area contributed by atoms with E-state index in [0.29, 0.717) is 0 Å². The molecule has 0 saturated heterocycles. The molecule has 1 aliphatic rings. The molecule has 1 aromatic carbocycles. The Morgan fingerprint density at radius 3 is 3.07 bits per heavy atom. The topological polar surface area (TPSA) is 43.6 Å². The van der Waals surface area contributed by atoms with E-state index in [1.54, 1.807) is 11.0 Å². The molecule has 0 unspecified atom stereocenters. The first-order valence-electron chi connectivity index (χ1n) is 4.86. The normalized spacial score (nSPS) is 13.8. The fourth-order valence-electron chi connectivity index (χ4n) is 1.93. The van der Waals surface area contributed by atoms with Gasteiger partial charge in [-0.3, -0.25) is 0 Å². The molecule has 0 saturated carbocycles. The third kappa shape index (κ3) is 1.34. The van der Waals surface area contributed by atoms with E-state index in [9.17, 15) is 0 Å². The van der Waals surface area contributed by atoms with Crippen LogP contribution in [0.2, 0.25) is 0 Å². The van der Waals surface area contributed by atoms with Gasteiger partial charge in [-0.1, -0.05) is 17.7 Å². The molecule has 1 aliphatic carbocycles. The molecule has 15 heavy (non-hydrogen) atoms. The zero-order valence-electron chi connectivity index (χ0n) is 8.38. The highest BCUT2D eigenvalue weighted by Crippen LogP contribution is 2.26. The van der Waals surface area contributed by atoms with Crippen LogP contribution in [0.1, 0.15) is 18.1 Å². The number of rotatable bonds is 1. The smallest absolute Gasteiger partial charge is 0.143 e. The van der Waals surface area contributed by atoms with Gasteiger partial charge in [0.05, 0.1) is 5.69 Å². The first-order chi connectivity index (χ1) is 7.33. The monoisotopic (exact) mass is 198 g/mol. The predicted molar refractivity (Wildman–Crippen MR) is 56.5 cm³/mol. The Labute approximate surface area is 87.2 Å². The van der Waals surface area contributed by atoms with Gasteiger partial charge in [0, 0.05) is 0 Å². The van der Waals surface area contributed by atoms with E-state index in [4.69, 9.17) is 0 Å². The number of hydrogen-bond acceptors (Lipinski definition) is 3. The minimum absolute atomic E-state index is 1.02. The van der Waals surface area contributed by atoms with Gasteiger partial charge in [-0.05, 0) is 47.0 Å². The number of allylic oxidation sites excluding steroid dienone is 1. The molecular formula is C11H10N4. The molecular weight excluding hydrogens is 188 g/mol. The molecule has 0 fully saturated rings. The van der Waals surface area contributed by atoms with E-state index in [0.717, 1.165) is 12.1 Å². The molecule has 2 aromatic rings. The second-order valence-corrected chi connectivity index (χ2v) is 3.80. The van der Waals surface area contributed by atoms with Crippen molar-refractivity contribution in [3.05, 3.63) is 41.2 Å². The lowest BCUT2D eigenvalue weighted by Crippen LogP contribution is -1.96. The highest BCUT2D eigenvalue weighted by molar-refractivity contribution is 5.64. The Kier molecular flexibility index (Phi) is 1.68. The van der Waals surface area contributed by atoms with Crippen LogP contribution < -0.4 is 0 Å². The number of fused-ring (bicyclic) bond motifs is 1. The van der Waals surface area contributed by atoms with Gasteiger partial charge >= 0.3 is 0 Å². The Hall–Kier alpha value is -1.97. The average Bonchev–Trinajstić information content (AvgIpc) is 2.82. The second-order valence-electron chi connectivity index (χ2n) is 3.80. The first kappa shape index (κ1) is 8.35. The van der Waals surface area contributed by atoms with E-state index in [-0.39, 0.29) is 0 Å². The summed E-state index contributed by atoms with van der Waals surface area (Å²) in [5.74, 6) is 0. The van der Waals surface area contributed by atoms with Crippen molar-refractivity contribution in [2.45, 2.75) is 13.3 Å². The van der Waals surface area contributed by atoms with Crippen molar-refractivity contribution in [2.75, 3.05) is 0 Å². The maximum atomic E-state index is 3.87. The molecule has 3 rings (SSSR count). The first-order valence-corrected chi connectivity index (χ1v) is 4.86. The van der Waals surface area contributed by atoms with Crippen LogP contribution in [0, 0.1) is 0 Å². The molecule has 0 aliphatic heterocycles. The quantitative estimate of drug-likeness (QED) is 0.699. The molecule has 0 spiro atoms. The van der Waals surface area contributed by atoms with Crippen LogP contribution in [0.5, 0.6) is 0 Å². The van der Waals surface area contributed by atoms with Gasteiger partial charge in [-0.25, -0.2) is 4.68 Å². The molecule has 74 valence electrons. The van der Waals surface area contributed by atoms with E-state index in [2.05, 4.69) is 40.7 Å². The lowest BCUT2D eigenvalue weighted by atomic mass is 10.1. The van der Waals surface area contributed by atoms with Gasteiger partial charge in [0.1, 0.15) is 6.33 Å². The van der Waals surface area contributed by atoms with Gasteiger partial charge in [0.2, 0.25) is 0 Å². The fourth-order valence-corrected chi connectivity index (χ4v) is 1.93. The minimum atomic E-state index is 1.02. The van der Waals surface area contributed by atoms with Crippen LogP contribution in [-0.4, -0.2) is 20.2 Å². The van der Waals surface area contributed by atoms with Gasteiger partial charge in [-0.2, -0.15) is 0 Å². The van der Waals surface area contributed by atoms with Crippen LogP contribution in [0.25, 0.3) is 11.8 Å². The van der Waals surface area contributed by atoms with Crippen LogP contribution in [-0.2, 0) is 6.42 Å². The van der Waals surface area contributed by atoms with Gasteiger partial charge in [0.15, 0.2) is 0 Å². The second kappa shape index (κ2) is 3.02. The highest BCUT2D eigenvalue weighted by atomic mass is 15.5. The number of nitrogens with zero attached hydrogens (tertiary/aromatic N) is 4. The van der Waals surface area contributed by atoms with Gasteiger partial charge in [0.25, 0.3) is 0 Å². The number of hydrogen-bond donors (Lipinski definition) is 0. The molecule has 0 bridgehead atoms. The molecule has 4 heteroatoms. The summed E-state index contributed by atoms with van der Waals surface area (Å²) in [4.78, 5) is 0. The molecule has 1 aromatic heterocycles. The maximum Gasteiger partial charge on any atom is 0.143 e. The molecule has 0 atom stereocenters. The van der Waals surface area contributed by atoms with Crippen molar-refractivity contribution >= 4 is 6.08 Å². The standard InChI is InChI=1S/C11H10N4/c1-8-4-9-2-3-11(6-10(9)5-8)15-7-12-13-14-15/h2-4,6-7H,5H2,1H3. The van der Waals surface area contributed by atoms with Crippen LogP contribution in [0.15, 0.2) is 30.1 Å². The number of tetrazole rings is 1. The van der Waals surface area contributed by atoms with Crippen molar-refractivity contribution < 1.29 is 0 Å². The Bertz CT molecular complexity index is 526.